The minimum absolute atomic E-state index is 0.0169. The fraction of sp³-hybridized carbons (Fsp3) is 0.655. The van der Waals surface area contributed by atoms with Gasteiger partial charge in [0.25, 0.3) is 0 Å². The predicted molar refractivity (Wildman–Crippen MR) is 133 cm³/mol. The normalized spacial score (nSPS) is 44.1. The summed E-state index contributed by atoms with van der Waals surface area (Å²) in [5.41, 5.74) is -5.62. The van der Waals surface area contributed by atoms with Gasteiger partial charge in [0.1, 0.15) is 30.0 Å². The number of ketones is 1. The van der Waals surface area contributed by atoms with E-state index in [0.29, 0.717) is 12.0 Å². The molecule has 1 spiro atoms. The highest BCUT2D eigenvalue weighted by Crippen LogP contribution is 2.69. The van der Waals surface area contributed by atoms with Crippen LogP contribution in [0.4, 0.5) is 0 Å². The molecule has 0 amide bonds. The summed E-state index contributed by atoms with van der Waals surface area (Å²) in [4.78, 5) is 51.0. The van der Waals surface area contributed by atoms with Crippen molar-refractivity contribution >= 4 is 23.7 Å². The van der Waals surface area contributed by atoms with E-state index in [1.54, 1.807) is 37.3 Å². The van der Waals surface area contributed by atoms with Gasteiger partial charge in [-0.15, -0.1) is 0 Å². The van der Waals surface area contributed by atoms with E-state index in [2.05, 4.69) is 0 Å². The molecule has 1 N–H and O–H groups in total. The SMILES string of the molecule is CC(=O)O[C@H]1C[C@@]2(COC(=O)C2)O[C@@]2(C)C[C@H](OC(=O)c3ccccc3)[C@]3(C)[C@H](CCC(=O)[C@]3(C)O)[C@@]12C. The predicted octanol–water partition coefficient (Wildman–Crippen LogP) is 3.15. The molecule has 4 fully saturated rings. The number of cyclic esters (lactones) is 1. The summed E-state index contributed by atoms with van der Waals surface area (Å²) in [7, 11) is 0. The molecule has 206 valence electrons. The van der Waals surface area contributed by atoms with Gasteiger partial charge in [-0.2, -0.15) is 0 Å². The van der Waals surface area contributed by atoms with E-state index < -0.39 is 63.7 Å². The van der Waals surface area contributed by atoms with E-state index in [0.717, 1.165) is 0 Å². The van der Waals surface area contributed by atoms with Crippen LogP contribution < -0.4 is 0 Å². The van der Waals surface area contributed by atoms with E-state index in [1.807, 2.05) is 13.8 Å². The molecular weight excluding hydrogens is 492 g/mol. The Kier molecular flexibility index (Phi) is 6.08. The maximum absolute atomic E-state index is 13.3. The topological polar surface area (TPSA) is 125 Å². The lowest BCUT2D eigenvalue weighted by molar-refractivity contribution is -0.350. The van der Waals surface area contributed by atoms with Crippen molar-refractivity contribution in [3.05, 3.63) is 35.9 Å². The number of aliphatic hydroxyl groups is 1. The van der Waals surface area contributed by atoms with Crippen molar-refractivity contribution < 1.29 is 43.2 Å². The largest absolute Gasteiger partial charge is 0.462 e. The molecule has 0 unspecified atom stereocenters. The van der Waals surface area contributed by atoms with Crippen LogP contribution in [0.15, 0.2) is 30.3 Å². The molecule has 2 saturated carbocycles. The van der Waals surface area contributed by atoms with E-state index in [4.69, 9.17) is 18.9 Å². The zero-order valence-electron chi connectivity index (χ0n) is 22.6. The number of rotatable bonds is 3. The summed E-state index contributed by atoms with van der Waals surface area (Å²) in [6.07, 6.45) is -0.717. The van der Waals surface area contributed by atoms with Gasteiger partial charge in [0.05, 0.1) is 17.6 Å². The third-order valence-corrected chi connectivity index (χ3v) is 10.3. The van der Waals surface area contributed by atoms with Gasteiger partial charge in [-0.3, -0.25) is 14.4 Å². The molecule has 2 aliphatic heterocycles. The molecule has 2 aliphatic carbocycles. The molecule has 9 heteroatoms. The lowest BCUT2D eigenvalue weighted by Crippen LogP contribution is -2.78. The van der Waals surface area contributed by atoms with Crippen LogP contribution in [-0.4, -0.2) is 64.4 Å². The quantitative estimate of drug-likeness (QED) is 0.465. The number of benzene rings is 1. The minimum Gasteiger partial charge on any atom is -0.462 e. The molecule has 5 rings (SSSR count). The lowest BCUT2D eigenvalue weighted by atomic mass is 9.39. The second-order valence-corrected chi connectivity index (χ2v) is 12.3. The summed E-state index contributed by atoms with van der Waals surface area (Å²) < 4.78 is 24.2. The van der Waals surface area contributed by atoms with Gasteiger partial charge in [0.15, 0.2) is 5.78 Å². The van der Waals surface area contributed by atoms with Crippen molar-refractivity contribution in [2.45, 2.75) is 95.7 Å². The molecule has 8 atom stereocenters. The molecule has 0 aromatic heterocycles. The molecule has 1 aromatic rings. The molecule has 2 heterocycles. The Hall–Kier alpha value is -2.78. The fourth-order valence-electron chi connectivity index (χ4n) is 7.93. The van der Waals surface area contributed by atoms with Crippen LogP contribution in [0.25, 0.3) is 0 Å². The van der Waals surface area contributed by atoms with Crippen LogP contribution in [0.3, 0.4) is 0 Å². The van der Waals surface area contributed by atoms with Crippen molar-refractivity contribution in [1.82, 2.24) is 0 Å². The van der Waals surface area contributed by atoms with Crippen LogP contribution in [0.1, 0.15) is 77.1 Å². The number of fused-ring (bicyclic) bond motifs is 3. The van der Waals surface area contributed by atoms with Crippen LogP contribution in [0.5, 0.6) is 0 Å². The Morgan fingerprint density at radius 1 is 0.974 bits per heavy atom. The highest BCUT2D eigenvalue weighted by Gasteiger charge is 2.77. The van der Waals surface area contributed by atoms with Gasteiger partial charge in [-0.25, -0.2) is 4.79 Å². The monoisotopic (exact) mass is 528 g/mol. The molecular formula is C29H36O9. The van der Waals surface area contributed by atoms with E-state index in [9.17, 15) is 24.3 Å². The Balaban J connectivity index is 1.65. The van der Waals surface area contributed by atoms with Crippen molar-refractivity contribution in [3.63, 3.8) is 0 Å². The number of esters is 3. The van der Waals surface area contributed by atoms with Gasteiger partial charge < -0.3 is 24.1 Å². The van der Waals surface area contributed by atoms with Gasteiger partial charge in [0, 0.05) is 37.0 Å². The second kappa shape index (κ2) is 8.61. The third-order valence-electron chi connectivity index (χ3n) is 10.3. The average molecular weight is 529 g/mol. The number of carbonyl (C=O) groups excluding carboxylic acids is 4. The summed E-state index contributed by atoms with van der Waals surface area (Å²) in [5.74, 6) is -2.19. The zero-order valence-corrected chi connectivity index (χ0v) is 22.6. The summed E-state index contributed by atoms with van der Waals surface area (Å²) in [6, 6.07) is 8.54. The standard InChI is InChI=1S/C29H36O9/c1-17(30)36-22-14-29(15-23(32)35-16-29)38-25(2)13-21(37-24(33)18-9-7-6-8-10-18)27(4)19(26(22,25)3)11-12-20(31)28(27,5)34/h6-10,19,21-22,34H,11-16H2,1-5H3/t19-,21+,22+,25+,26+,27+,28+,29-/m1/s1. The number of carbonyl (C=O) groups is 4. The first-order valence-corrected chi connectivity index (χ1v) is 13.2. The highest BCUT2D eigenvalue weighted by molar-refractivity contribution is 5.90. The maximum Gasteiger partial charge on any atom is 0.338 e. The summed E-state index contributed by atoms with van der Waals surface area (Å²) in [6.45, 7) is 8.51. The van der Waals surface area contributed by atoms with E-state index >= 15 is 0 Å². The average Bonchev–Trinajstić information content (AvgIpc) is 3.19. The smallest absolute Gasteiger partial charge is 0.338 e. The van der Waals surface area contributed by atoms with Gasteiger partial charge in [-0.05, 0) is 38.3 Å². The van der Waals surface area contributed by atoms with Gasteiger partial charge in [-0.1, -0.05) is 32.0 Å². The third kappa shape index (κ3) is 3.65. The Labute approximate surface area is 222 Å². The number of ether oxygens (including phenoxy) is 4. The van der Waals surface area contributed by atoms with Crippen LogP contribution in [0.2, 0.25) is 0 Å². The number of hydrogen-bond donors (Lipinski definition) is 1. The molecule has 38 heavy (non-hydrogen) atoms. The van der Waals surface area contributed by atoms with Crippen LogP contribution in [0, 0.1) is 16.7 Å². The van der Waals surface area contributed by atoms with Crippen molar-refractivity contribution in [3.8, 4) is 0 Å². The van der Waals surface area contributed by atoms with Crippen LogP contribution >= 0.6 is 0 Å². The summed E-state index contributed by atoms with van der Waals surface area (Å²) in [5, 5.41) is 11.8. The Morgan fingerprint density at radius 2 is 1.63 bits per heavy atom. The molecule has 0 radical (unpaired) electrons. The van der Waals surface area contributed by atoms with Crippen LogP contribution in [-0.2, 0) is 33.3 Å². The molecule has 0 bridgehead atoms. The second-order valence-electron chi connectivity index (χ2n) is 12.3. The highest BCUT2D eigenvalue weighted by atomic mass is 16.6. The first kappa shape index (κ1) is 26.8. The number of Topliss-reactive ketones (excluding diaryl/α,β-unsaturated/α-hetero) is 1. The van der Waals surface area contributed by atoms with E-state index in [1.165, 1.54) is 13.8 Å². The van der Waals surface area contributed by atoms with Gasteiger partial charge in [0.2, 0.25) is 0 Å². The fourth-order valence-corrected chi connectivity index (χ4v) is 7.93. The Morgan fingerprint density at radius 3 is 2.24 bits per heavy atom. The van der Waals surface area contributed by atoms with Gasteiger partial charge >= 0.3 is 17.9 Å². The summed E-state index contributed by atoms with van der Waals surface area (Å²) >= 11 is 0. The molecule has 9 nitrogen and oxygen atoms in total. The van der Waals surface area contributed by atoms with Crippen molar-refractivity contribution in [2.24, 2.45) is 16.7 Å². The van der Waals surface area contributed by atoms with Crippen molar-refractivity contribution in [2.75, 3.05) is 6.61 Å². The minimum atomic E-state index is -1.82. The first-order chi connectivity index (χ1) is 17.7. The molecule has 1 aromatic carbocycles. The molecule has 4 aliphatic rings. The number of hydrogen-bond acceptors (Lipinski definition) is 9. The van der Waals surface area contributed by atoms with E-state index in [-0.39, 0.29) is 38.1 Å². The maximum atomic E-state index is 13.3. The molecule has 2 saturated heterocycles. The zero-order chi connectivity index (χ0) is 27.7. The lowest BCUT2D eigenvalue weighted by Gasteiger charge is -2.70. The first-order valence-electron chi connectivity index (χ1n) is 13.2. The Bertz CT molecular complexity index is 1180. The van der Waals surface area contributed by atoms with Crippen molar-refractivity contribution in [1.29, 1.82) is 0 Å².